The quantitative estimate of drug-likeness (QED) is 0.606. The first-order chi connectivity index (χ1) is 8.19. The second kappa shape index (κ2) is 6.94. The molecule has 0 heterocycles. The van der Waals surface area contributed by atoms with E-state index >= 15 is 0 Å². The number of carbonyl (C=O) groups is 1. The third kappa shape index (κ3) is 4.10. The topological polar surface area (TPSA) is 38.3 Å². The molecule has 1 N–H and O–H groups in total. The monoisotopic (exact) mass is 235 g/mol. The SMILES string of the molecule is CCCCCNc1cc(C(=O)OC)ccc1C. The lowest BCUT2D eigenvalue weighted by molar-refractivity contribution is 0.0601. The summed E-state index contributed by atoms with van der Waals surface area (Å²) in [5, 5.41) is 3.36. The van der Waals surface area contributed by atoms with Crippen LogP contribution in [-0.4, -0.2) is 19.6 Å². The summed E-state index contributed by atoms with van der Waals surface area (Å²) in [4.78, 5) is 11.4. The van der Waals surface area contributed by atoms with Gasteiger partial charge in [0.2, 0.25) is 0 Å². The van der Waals surface area contributed by atoms with Gasteiger partial charge < -0.3 is 10.1 Å². The minimum Gasteiger partial charge on any atom is -0.465 e. The number of esters is 1. The molecule has 17 heavy (non-hydrogen) atoms. The fraction of sp³-hybridized carbons (Fsp3) is 0.500. The molecule has 0 unspecified atom stereocenters. The van der Waals surface area contributed by atoms with Gasteiger partial charge in [0, 0.05) is 12.2 Å². The molecule has 0 aliphatic heterocycles. The fourth-order valence-corrected chi connectivity index (χ4v) is 1.66. The van der Waals surface area contributed by atoms with E-state index in [0.717, 1.165) is 24.2 Å². The van der Waals surface area contributed by atoms with Crippen LogP contribution in [0.5, 0.6) is 0 Å². The number of anilines is 1. The van der Waals surface area contributed by atoms with Crippen LogP contribution in [0, 0.1) is 6.92 Å². The maximum absolute atomic E-state index is 11.4. The Hall–Kier alpha value is -1.51. The Kier molecular flexibility index (Phi) is 5.53. The minimum atomic E-state index is -0.290. The Labute approximate surface area is 103 Å². The van der Waals surface area contributed by atoms with Crippen LogP contribution in [0.3, 0.4) is 0 Å². The molecule has 1 aromatic rings. The molecular formula is C14H21NO2. The molecule has 0 saturated carbocycles. The van der Waals surface area contributed by atoms with E-state index < -0.39 is 0 Å². The molecule has 1 aromatic carbocycles. The summed E-state index contributed by atoms with van der Waals surface area (Å²) in [6.07, 6.45) is 3.59. The molecule has 1 rings (SSSR count). The van der Waals surface area contributed by atoms with Crippen LogP contribution in [0.25, 0.3) is 0 Å². The Bertz CT molecular complexity index is 374. The lowest BCUT2D eigenvalue weighted by Crippen LogP contribution is -2.06. The highest BCUT2D eigenvalue weighted by atomic mass is 16.5. The lowest BCUT2D eigenvalue weighted by Gasteiger charge is -2.10. The number of unbranched alkanes of at least 4 members (excludes halogenated alkanes) is 2. The van der Waals surface area contributed by atoms with Crippen molar-refractivity contribution in [2.45, 2.75) is 33.1 Å². The number of methoxy groups -OCH3 is 1. The average Bonchev–Trinajstić information content (AvgIpc) is 2.35. The first-order valence-electron chi connectivity index (χ1n) is 6.12. The van der Waals surface area contributed by atoms with Gasteiger partial charge in [0.25, 0.3) is 0 Å². The first-order valence-corrected chi connectivity index (χ1v) is 6.12. The molecule has 0 atom stereocenters. The lowest BCUT2D eigenvalue weighted by atomic mass is 10.1. The van der Waals surface area contributed by atoms with E-state index in [1.165, 1.54) is 20.0 Å². The number of ether oxygens (including phenoxy) is 1. The Morgan fingerprint density at radius 1 is 1.35 bits per heavy atom. The average molecular weight is 235 g/mol. The van der Waals surface area contributed by atoms with Crippen molar-refractivity contribution in [2.75, 3.05) is 19.0 Å². The molecule has 0 bridgehead atoms. The van der Waals surface area contributed by atoms with Gasteiger partial charge in [-0.05, 0) is 31.0 Å². The van der Waals surface area contributed by atoms with E-state index in [4.69, 9.17) is 4.74 Å². The number of rotatable bonds is 6. The molecule has 0 aliphatic carbocycles. The molecular weight excluding hydrogens is 214 g/mol. The zero-order valence-electron chi connectivity index (χ0n) is 10.9. The van der Waals surface area contributed by atoms with E-state index in [0.29, 0.717) is 5.56 Å². The van der Waals surface area contributed by atoms with Gasteiger partial charge in [0.05, 0.1) is 12.7 Å². The highest BCUT2D eigenvalue weighted by Crippen LogP contribution is 2.17. The number of carbonyl (C=O) groups excluding carboxylic acids is 1. The smallest absolute Gasteiger partial charge is 0.337 e. The second-order valence-electron chi connectivity index (χ2n) is 4.16. The molecule has 94 valence electrons. The molecule has 3 nitrogen and oxygen atoms in total. The summed E-state index contributed by atoms with van der Waals surface area (Å²) in [7, 11) is 1.40. The Balaban J connectivity index is 2.66. The Morgan fingerprint density at radius 3 is 2.76 bits per heavy atom. The number of benzene rings is 1. The molecule has 0 fully saturated rings. The summed E-state index contributed by atoms with van der Waals surface area (Å²) < 4.78 is 4.71. The Morgan fingerprint density at radius 2 is 2.12 bits per heavy atom. The van der Waals surface area contributed by atoms with E-state index in [1.807, 2.05) is 19.1 Å². The number of hydrogen-bond acceptors (Lipinski definition) is 3. The van der Waals surface area contributed by atoms with Crippen molar-refractivity contribution < 1.29 is 9.53 Å². The predicted molar refractivity (Wildman–Crippen MR) is 70.5 cm³/mol. The van der Waals surface area contributed by atoms with Crippen molar-refractivity contribution in [2.24, 2.45) is 0 Å². The molecule has 0 radical (unpaired) electrons. The normalized spacial score (nSPS) is 10.1. The largest absolute Gasteiger partial charge is 0.465 e. The van der Waals surface area contributed by atoms with Crippen molar-refractivity contribution in [3.05, 3.63) is 29.3 Å². The van der Waals surface area contributed by atoms with Gasteiger partial charge in [-0.3, -0.25) is 0 Å². The zero-order valence-corrected chi connectivity index (χ0v) is 10.9. The zero-order chi connectivity index (χ0) is 12.7. The summed E-state index contributed by atoms with van der Waals surface area (Å²) in [5.41, 5.74) is 2.76. The number of aryl methyl sites for hydroxylation is 1. The van der Waals surface area contributed by atoms with E-state index in [2.05, 4.69) is 12.2 Å². The van der Waals surface area contributed by atoms with Crippen molar-refractivity contribution in [3.8, 4) is 0 Å². The minimum absolute atomic E-state index is 0.290. The maximum atomic E-state index is 11.4. The van der Waals surface area contributed by atoms with Crippen LogP contribution >= 0.6 is 0 Å². The van der Waals surface area contributed by atoms with Crippen LogP contribution in [0.4, 0.5) is 5.69 Å². The van der Waals surface area contributed by atoms with Crippen molar-refractivity contribution in [1.82, 2.24) is 0 Å². The van der Waals surface area contributed by atoms with Gasteiger partial charge in [0.15, 0.2) is 0 Å². The third-order valence-electron chi connectivity index (χ3n) is 2.75. The van der Waals surface area contributed by atoms with Gasteiger partial charge in [-0.25, -0.2) is 4.79 Å². The highest BCUT2D eigenvalue weighted by molar-refractivity contribution is 5.90. The van der Waals surface area contributed by atoms with Gasteiger partial charge in [-0.15, -0.1) is 0 Å². The van der Waals surface area contributed by atoms with Crippen LogP contribution < -0.4 is 5.32 Å². The number of nitrogens with one attached hydrogen (secondary N) is 1. The van der Waals surface area contributed by atoms with Gasteiger partial charge in [-0.1, -0.05) is 25.8 Å². The summed E-state index contributed by atoms with van der Waals surface area (Å²) >= 11 is 0. The molecule has 0 amide bonds. The van der Waals surface area contributed by atoms with Gasteiger partial charge in [0.1, 0.15) is 0 Å². The molecule has 3 heteroatoms. The van der Waals surface area contributed by atoms with Crippen molar-refractivity contribution >= 4 is 11.7 Å². The maximum Gasteiger partial charge on any atom is 0.337 e. The van der Waals surface area contributed by atoms with E-state index in [1.54, 1.807) is 6.07 Å². The molecule has 0 aliphatic rings. The summed E-state index contributed by atoms with van der Waals surface area (Å²) in [5.74, 6) is -0.290. The van der Waals surface area contributed by atoms with E-state index in [-0.39, 0.29) is 5.97 Å². The number of hydrogen-bond donors (Lipinski definition) is 1. The molecule has 0 aromatic heterocycles. The van der Waals surface area contributed by atoms with Crippen molar-refractivity contribution in [3.63, 3.8) is 0 Å². The predicted octanol–water partition coefficient (Wildman–Crippen LogP) is 3.38. The van der Waals surface area contributed by atoms with Gasteiger partial charge >= 0.3 is 5.97 Å². The van der Waals surface area contributed by atoms with Crippen molar-refractivity contribution in [1.29, 1.82) is 0 Å². The molecule has 0 saturated heterocycles. The first kappa shape index (κ1) is 13.6. The summed E-state index contributed by atoms with van der Waals surface area (Å²) in [6, 6.07) is 5.58. The highest BCUT2D eigenvalue weighted by Gasteiger charge is 2.07. The second-order valence-corrected chi connectivity index (χ2v) is 4.16. The van der Waals surface area contributed by atoms with Crippen LogP contribution in [0.1, 0.15) is 42.1 Å². The van der Waals surface area contributed by atoms with Crippen LogP contribution in [-0.2, 0) is 4.74 Å². The van der Waals surface area contributed by atoms with Crippen LogP contribution in [0.2, 0.25) is 0 Å². The fourth-order valence-electron chi connectivity index (χ4n) is 1.66. The molecule has 0 spiro atoms. The van der Waals surface area contributed by atoms with E-state index in [9.17, 15) is 4.79 Å². The third-order valence-corrected chi connectivity index (χ3v) is 2.75. The standard InChI is InChI=1S/C14H21NO2/c1-4-5-6-9-15-13-10-12(14(16)17-3)8-7-11(13)2/h7-8,10,15H,4-6,9H2,1-3H3. The summed E-state index contributed by atoms with van der Waals surface area (Å²) in [6.45, 7) is 5.16. The van der Waals surface area contributed by atoms with Crippen LogP contribution in [0.15, 0.2) is 18.2 Å². The van der Waals surface area contributed by atoms with Gasteiger partial charge in [-0.2, -0.15) is 0 Å².